The molecule has 88 valence electrons. The Hall–Kier alpha value is -2.08. The Balaban J connectivity index is 2.00. The summed E-state index contributed by atoms with van der Waals surface area (Å²) in [7, 11) is 0. The Labute approximate surface area is 111 Å². The number of halogens is 1. The second-order valence-corrected chi connectivity index (χ2v) is 4.55. The van der Waals surface area contributed by atoms with Crippen molar-refractivity contribution in [2.24, 2.45) is 0 Å². The molecule has 0 spiro atoms. The number of hydrogen-bond donors (Lipinski definition) is 1. The fourth-order valence-corrected chi connectivity index (χ4v) is 1.93. The lowest BCUT2D eigenvalue weighted by atomic mass is 10.2. The van der Waals surface area contributed by atoms with Crippen molar-refractivity contribution in [2.45, 2.75) is 0 Å². The summed E-state index contributed by atoms with van der Waals surface area (Å²) in [4.78, 5) is 12.5. The molecule has 0 saturated heterocycles. The number of nitrogens with zero attached hydrogens (tertiary/aromatic N) is 4. The molecule has 6 heteroatoms. The predicted octanol–water partition coefficient (Wildman–Crippen LogP) is 2.69. The highest BCUT2D eigenvalue weighted by Gasteiger charge is 2.07. The van der Waals surface area contributed by atoms with Gasteiger partial charge in [0.15, 0.2) is 11.6 Å². The van der Waals surface area contributed by atoms with E-state index in [2.05, 4.69) is 41.1 Å². The van der Waals surface area contributed by atoms with E-state index in [0.29, 0.717) is 11.6 Å². The minimum absolute atomic E-state index is 0.621. The van der Waals surface area contributed by atoms with Crippen LogP contribution in [-0.2, 0) is 0 Å². The van der Waals surface area contributed by atoms with E-state index >= 15 is 0 Å². The van der Waals surface area contributed by atoms with Crippen molar-refractivity contribution in [1.82, 2.24) is 25.1 Å². The van der Waals surface area contributed by atoms with Crippen molar-refractivity contribution in [2.75, 3.05) is 0 Å². The number of aromatic nitrogens is 5. The first-order valence-electron chi connectivity index (χ1n) is 5.26. The van der Waals surface area contributed by atoms with Gasteiger partial charge in [-0.25, -0.2) is 4.98 Å². The van der Waals surface area contributed by atoms with E-state index in [1.54, 1.807) is 24.8 Å². The van der Waals surface area contributed by atoms with E-state index < -0.39 is 0 Å². The van der Waals surface area contributed by atoms with Crippen molar-refractivity contribution in [1.29, 1.82) is 0 Å². The van der Waals surface area contributed by atoms with Gasteiger partial charge in [-0.05, 0) is 34.1 Å². The molecule has 18 heavy (non-hydrogen) atoms. The first kappa shape index (κ1) is 11.0. The van der Waals surface area contributed by atoms with Gasteiger partial charge in [-0.15, -0.1) is 0 Å². The lowest BCUT2D eigenvalue weighted by Gasteiger charge is -1.95. The minimum atomic E-state index is 0.621. The van der Waals surface area contributed by atoms with Crippen molar-refractivity contribution in [3.63, 3.8) is 0 Å². The van der Waals surface area contributed by atoms with E-state index in [-0.39, 0.29) is 0 Å². The summed E-state index contributed by atoms with van der Waals surface area (Å²) in [5, 5.41) is 7.09. The molecule has 3 rings (SSSR count). The summed E-state index contributed by atoms with van der Waals surface area (Å²) >= 11 is 3.37. The maximum atomic E-state index is 4.44. The maximum Gasteiger partial charge on any atom is 0.183 e. The molecule has 0 unspecified atom stereocenters. The standard InChI is InChI=1S/C12H8BrN5/c13-10-5-9(6-15-7-10)12-16-11(17-18-12)8-1-3-14-4-2-8/h1-7H,(H,16,17,18). The van der Waals surface area contributed by atoms with E-state index in [4.69, 9.17) is 0 Å². The summed E-state index contributed by atoms with van der Waals surface area (Å²) in [5.41, 5.74) is 1.81. The number of hydrogen-bond acceptors (Lipinski definition) is 4. The molecule has 0 aromatic carbocycles. The SMILES string of the molecule is Brc1cncc(-c2n[nH]c(-c3ccncc3)n2)c1. The molecule has 0 bridgehead atoms. The Morgan fingerprint density at radius 1 is 1.00 bits per heavy atom. The Morgan fingerprint density at radius 3 is 2.61 bits per heavy atom. The quantitative estimate of drug-likeness (QED) is 0.790. The van der Waals surface area contributed by atoms with Gasteiger partial charge < -0.3 is 0 Å². The molecule has 0 fully saturated rings. The molecule has 3 heterocycles. The first-order valence-corrected chi connectivity index (χ1v) is 6.06. The van der Waals surface area contributed by atoms with E-state index in [1.807, 2.05) is 18.2 Å². The molecular weight excluding hydrogens is 294 g/mol. The summed E-state index contributed by atoms with van der Waals surface area (Å²) in [6.07, 6.45) is 6.89. The normalized spacial score (nSPS) is 10.5. The first-order chi connectivity index (χ1) is 8.83. The van der Waals surface area contributed by atoms with Crippen LogP contribution in [-0.4, -0.2) is 25.1 Å². The van der Waals surface area contributed by atoms with Crippen LogP contribution >= 0.6 is 15.9 Å². The van der Waals surface area contributed by atoms with Gasteiger partial charge in [-0.2, -0.15) is 5.10 Å². The zero-order valence-corrected chi connectivity index (χ0v) is 10.8. The summed E-state index contributed by atoms with van der Waals surface area (Å²) in [5.74, 6) is 1.34. The number of H-pyrrole nitrogens is 1. The summed E-state index contributed by atoms with van der Waals surface area (Å²) in [6, 6.07) is 5.68. The molecule has 0 aliphatic carbocycles. The summed E-state index contributed by atoms with van der Waals surface area (Å²) in [6.45, 7) is 0. The number of pyridine rings is 2. The Morgan fingerprint density at radius 2 is 1.83 bits per heavy atom. The van der Waals surface area contributed by atoms with Crippen LogP contribution in [0.1, 0.15) is 0 Å². The summed E-state index contributed by atoms with van der Waals surface area (Å²) < 4.78 is 0.898. The van der Waals surface area contributed by atoms with Crippen LogP contribution in [0.4, 0.5) is 0 Å². The highest BCUT2D eigenvalue weighted by atomic mass is 79.9. The average Bonchev–Trinajstić information content (AvgIpc) is 2.89. The minimum Gasteiger partial charge on any atom is -0.265 e. The van der Waals surface area contributed by atoms with Gasteiger partial charge >= 0.3 is 0 Å². The molecule has 0 amide bonds. The van der Waals surface area contributed by atoms with Crippen LogP contribution in [0.5, 0.6) is 0 Å². The topological polar surface area (TPSA) is 67.3 Å². The van der Waals surface area contributed by atoms with E-state index in [9.17, 15) is 0 Å². The van der Waals surface area contributed by atoms with E-state index in [0.717, 1.165) is 15.6 Å². The average molecular weight is 302 g/mol. The van der Waals surface area contributed by atoms with Gasteiger partial charge in [-0.3, -0.25) is 15.1 Å². The number of nitrogens with one attached hydrogen (secondary N) is 1. The predicted molar refractivity (Wildman–Crippen MR) is 70.5 cm³/mol. The molecule has 0 atom stereocenters. The third kappa shape index (κ3) is 2.14. The highest BCUT2D eigenvalue weighted by molar-refractivity contribution is 9.10. The molecule has 3 aromatic rings. The lowest BCUT2D eigenvalue weighted by molar-refractivity contribution is 1.10. The van der Waals surface area contributed by atoms with Crippen LogP contribution in [0, 0.1) is 0 Å². The fraction of sp³-hybridized carbons (Fsp3) is 0. The van der Waals surface area contributed by atoms with Crippen molar-refractivity contribution < 1.29 is 0 Å². The number of rotatable bonds is 2. The zero-order valence-electron chi connectivity index (χ0n) is 9.21. The molecule has 0 aliphatic rings. The van der Waals surface area contributed by atoms with Gasteiger partial charge in [0.1, 0.15) is 0 Å². The second kappa shape index (κ2) is 4.66. The monoisotopic (exact) mass is 301 g/mol. The van der Waals surface area contributed by atoms with Gasteiger partial charge in [0.2, 0.25) is 0 Å². The van der Waals surface area contributed by atoms with Crippen molar-refractivity contribution in [3.05, 3.63) is 47.5 Å². The highest BCUT2D eigenvalue weighted by Crippen LogP contribution is 2.21. The zero-order chi connectivity index (χ0) is 12.4. The van der Waals surface area contributed by atoms with Gasteiger partial charge in [-0.1, -0.05) is 0 Å². The molecule has 3 aromatic heterocycles. The van der Waals surface area contributed by atoms with Crippen LogP contribution in [0.25, 0.3) is 22.8 Å². The maximum absolute atomic E-state index is 4.44. The third-order valence-electron chi connectivity index (χ3n) is 2.40. The second-order valence-electron chi connectivity index (χ2n) is 3.64. The van der Waals surface area contributed by atoms with Crippen molar-refractivity contribution in [3.8, 4) is 22.8 Å². The van der Waals surface area contributed by atoms with Gasteiger partial charge in [0.25, 0.3) is 0 Å². The lowest BCUT2D eigenvalue weighted by Crippen LogP contribution is -1.83. The number of aromatic amines is 1. The third-order valence-corrected chi connectivity index (χ3v) is 2.84. The molecule has 5 nitrogen and oxygen atoms in total. The molecule has 0 radical (unpaired) electrons. The molecule has 0 saturated carbocycles. The van der Waals surface area contributed by atoms with Gasteiger partial charge in [0.05, 0.1) is 0 Å². The van der Waals surface area contributed by atoms with E-state index in [1.165, 1.54) is 0 Å². The molecule has 1 N–H and O–H groups in total. The fourth-order valence-electron chi connectivity index (χ4n) is 1.56. The Bertz CT molecular complexity index is 665. The van der Waals surface area contributed by atoms with Crippen molar-refractivity contribution >= 4 is 15.9 Å². The molecular formula is C12H8BrN5. The van der Waals surface area contributed by atoms with Gasteiger partial charge in [0, 0.05) is 40.4 Å². The van der Waals surface area contributed by atoms with Crippen LogP contribution < -0.4 is 0 Å². The Kier molecular flexibility index (Phi) is 2.85. The molecule has 0 aliphatic heterocycles. The van der Waals surface area contributed by atoms with Crippen LogP contribution in [0.15, 0.2) is 47.5 Å². The van der Waals surface area contributed by atoms with Crippen LogP contribution in [0.3, 0.4) is 0 Å². The smallest absolute Gasteiger partial charge is 0.183 e. The van der Waals surface area contributed by atoms with Crippen LogP contribution in [0.2, 0.25) is 0 Å². The largest absolute Gasteiger partial charge is 0.265 e.